The van der Waals surface area contributed by atoms with Crippen molar-refractivity contribution in [1.82, 2.24) is 15.3 Å². The number of para-hydroxylation sites is 1. The number of nitrogens with one attached hydrogen (secondary N) is 3. The molecule has 1 amide bonds. The van der Waals surface area contributed by atoms with E-state index >= 15 is 0 Å². The molecule has 214 valence electrons. The maximum Gasteiger partial charge on any atom is 0.573 e. The number of alkyl carbamates (subject to hydrolysis) is 1. The van der Waals surface area contributed by atoms with Crippen LogP contribution in [0.3, 0.4) is 0 Å². The van der Waals surface area contributed by atoms with Crippen LogP contribution in [0.25, 0.3) is 0 Å². The van der Waals surface area contributed by atoms with E-state index in [1.807, 2.05) is 6.92 Å². The highest BCUT2D eigenvalue weighted by Gasteiger charge is 2.34. The van der Waals surface area contributed by atoms with Crippen molar-refractivity contribution in [2.45, 2.75) is 77.4 Å². The van der Waals surface area contributed by atoms with Gasteiger partial charge < -0.3 is 25.4 Å². The van der Waals surface area contributed by atoms with Gasteiger partial charge in [-0.05, 0) is 65.4 Å². The van der Waals surface area contributed by atoms with Crippen LogP contribution < -0.4 is 20.7 Å². The summed E-state index contributed by atoms with van der Waals surface area (Å²) in [6.45, 7) is 7.66. The van der Waals surface area contributed by atoms with Gasteiger partial charge in [-0.1, -0.05) is 18.2 Å². The van der Waals surface area contributed by atoms with E-state index in [1.54, 1.807) is 26.8 Å². The first-order chi connectivity index (χ1) is 18.1. The fourth-order valence-corrected chi connectivity index (χ4v) is 4.21. The highest BCUT2D eigenvalue weighted by molar-refractivity contribution is 5.68. The molecule has 2 aromatic rings. The largest absolute Gasteiger partial charge is 0.573 e. The number of benzene rings is 1. The van der Waals surface area contributed by atoms with Gasteiger partial charge in [0.1, 0.15) is 17.5 Å². The van der Waals surface area contributed by atoms with Crippen molar-refractivity contribution in [3.8, 4) is 5.75 Å². The monoisotopic (exact) mass is 554 g/mol. The van der Waals surface area contributed by atoms with E-state index in [0.29, 0.717) is 19.4 Å². The Morgan fingerprint density at radius 3 is 2.46 bits per heavy atom. The van der Waals surface area contributed by atoms with E-state index in [4.69, 9.17) is 4.74 Å². The Morgan fingerprint density at radius 1 is 1.18 bits per heavy atom. The zero-order valence-electron chi connectivity index (χ0n) is 22.2. The molecule has 39 heavy (non-hydrogen) atoms. The molecular formula is C25H33F3N6O5. The van der Waals surface area contributed by atoms with Crippen molar-refractivity contribution >= 4 is 23.5 Å². The molecule has 1 saturated carbocycles. The lowest BCUT2D eigenvalue weighted by Gasteiger charge is -2.38. The van der Waals surface area contributed by atoms with Crippen molar-refractivity contribution in [3.05, 3.63) is 46.1 Å². The van der Waals surface area contributed by atoms with Crippen LogP contribution in [0.1, 0.15) is 58.9 Å². The van der Waals surface area contributed by atoms with Crippen LogP contribution in [0.4, 0.5) is 35.4 Å². The Hall–Kier alpha value is -3.84. The number of carbonyl (C=O) groups excluding carboxylic acids is 1. The lowest BCUT2D eigenvalue weighted by Crippen LogP contribution is -2.50. The first kappa shape index (κ1) is 29.7. The highest BCUT2D eigenvalue weighted by Crippen LogP contribution is 2.33. The molecule has 1 aromatic heterocycles. The summed E-state index contributed by atoms with van der Waals surface area (Å²) in [6.07, 6.45) is -1.34. The van der Waals surface area contributed by atoms with Gasteiger partial charge in [-0.25, -0.2) is 9.78 Å². The summed E-state index contributed by atoms with van der Waals surface area (Å²) in [5.74, 6) is -0.195. The molecule has 0 unspecified atom stereocenters. The second-order valence-electron chi connectivity index (χ2n) is 10.7. The molecule has 1 aromatic carbocycles. The molecule has 1 heterocycles. The van der Waals surface area contributed by atoms with Crippen LogP contribution in [0.5, 0.6) is 5.75 Å². The van der Waals surface area contributed by atoms with Gasteiger partial charge in [0, 0.05) is 24.2 Å². The predicted octanol–water partition coefficient (Wildman–Crippen LogP) is 5.78. The third-order valence-corrected chi connectivity index (χ3v) is 6.17. The number of amides is 1. The van der Waals surface area contributed by atoms with Crippen LogP contribution in [0.2, 0.25) is 0 Å². The SMILES string of the molecule is CC1(NC(=O)OC(C)(C)C)CCC(CNc2nc(NCc3ccccc3OC(F)(F)F)ncc2[N+](=O)[O-])CC1. The van der Waals surface area contributed by atoms with Gasteiger partial charge in [0.2, 0.25) is 11.8 Å². The number of ether oxygens (including phenoxy) is 2. The summed E-state index contributed by atoms with van der Waals surface area (Å²) in [5, 5.41) is 20.3. The summed E-state index contributed by atoms with van der Waals surface area (Å²) in [4.78, 5) is 31.2. The standard InChI is InChI=1S/C25H33F3N6O5/c1-23(2,3)39-22(35)33-24(4)11-9-16(10-12-24)13-29-20-18(34(36)37)15-31-21(32-20)30-14-17-7-5-6-8-19(17)38-25(26,27)28/h5-8,15-16H,9-14H2,1-4H3,(H,33,35)(H2,29,30,31,32). The number of halogens is 3. The van der Waals surface area contributed by atoms with Crippen LogP contribution >= 0.6 is 0 Å². The topological polar surface area (TPSA) is 141 Å². The summed E-state index contributed by atoms with van der Waals surface area (Å²) >= 11 is 0. The van der Waals surface area contributed by atoms with Crippen LogP contribution in [0, 0.1) is 16.0 Å². The summed E-state index contributed by atoms with van der Waals surface area (Å²) in [5.41, 5.74) is -1.13. The van der Waals surface area contributed by atoms with Gasteiger partial charge in [-0.15, -0.1) is 13.2 Å². The number of hydrogen-bond donors (Lipinski definition) is 3. The molecule has 3 rings (SSSR count). The lowest BCUT2D eigenvalue weighted by molar-refractivity contribution is -0.384. The summed E-state index contributed by atoms with van der Waals surface area (Å²) in [6, 6.07) is 5.61. The Morgan fingerprint density at radius 2 is 1.85 bits per heavy atom. The number of nitro groups is 1. The van der Waals surface area contributed by atoms with Crippen molar-refractivity contribution in [2.24, 2.45) is 5.92 Å². The molecule has 1 aliphatic rings. The Balaban J connectivity index is 1.60. The quantitative estimate of drug-likeness (QED) is 0.260. The van der Waals surface area contributed by atoms with Gasteiger partial charge in [-0.2, -0.15) is 4.98 Å². The molecule has 1 aliphatic carbocycles. The molecule has 0 aliphatic heterocycles. The smallest absolute Gasteiger partial charge is 0.444 e. The molecule has 11 nitrogen and oxygen atoms in total. The van der Waals surface area contributed by atoms with Gasteiger partial charge >= 0.3 is 18.1 Å². The van der Waals surface area contributed by atoms with E-state index in [2.05, 4.69) is 30.7 Å². The minimum absolute atomic E-state index is 0.00228. The fourth-order valence-electron chi connectivity index (χ4n) is 4.21. The zero-order valence-corrected chi connectivity index (χ0v) is 22.2. The number of carbonyl (C=O) groups is 1. The third kappa shape index (κ3) is 9.45. The maximum absolute atomic E-state index is 12.7. The summed E-state index contributed by atoms with van der Waals surface area (Å²) < 4.78 is 47.5. The fraction of sp³-hybridized carbons (Fsp3) is 0.560. The second kappa shape index (κ2) is 11.9. The van der Waals surface area contributed by atoms with Gasteiger partial charge in [0.15, 0.2) is 0 Å². The van der Waals surface area contributed by atoms with Crippen molar-refractivity contribution in [3.63, 3.8) is 0 Å². The second-order valence-corrected chi connectivity index (χ2v) is 10.7. The molecule has 0 atom stereocenters. The molecule has 3 N–H and O–H groups in total. The highest BCUT2D eigenvalue weighted by atomic mass is 19.4. The van der Waals surface area contributed by atoms with E-state index in [-0.39, 0.29) is 41.2 Å². The van der Waals surface area contributed by atoms with Gasteiger partial charge in [0.25, 0.3) is 0 Å². The van der Waals surface area contributed by atoms with Crippen LogP contribution in [-0.4, -0.2) is 45.0 Å². The molecule has 14 heteroatoms. The van der Waals surface area contributed by atoms with Crippen LogP contribution in [-0.2, 0) is 11.3 Å². The van der Waals surface area contributed by atoms with Crippen LogP contribution in [0.15, 0.2) is 30.5 Å². The first-order valence-electron chi connectivity index (χ1n) is 12.5. The number of aromatic nitrogens is 2. The minimum atomic E-state index is -4.85. The van der Waals surface area contributed by atoms with E-state index in [9.17, 15) is 28.1 Å². The molecule has 1 fully saturated rings. The minimum Gasteiger partial charge on any atom is -0.444 e. The average molecular weight is 555 g/mol. The Labute approximate surface area is 224 Å². The Kier molecular flexibility index (Phi) is 9.07. The molecule has 0 radical (unpaired) electrons. The molecule has 0 saturated heterocycles. The van der Waals surface area contributed by atoms with Crippen molar-refractivity contribution in [2.75, 3.05) is 17.2 Å². The zero-order chi connectivity index (χ0) is 28.8. The lowest BCUT2D eigenvalue weighted by atomic mass is 9.77. The number of hydrogen-bond acceptors (Lipinski definition) is 9. The first-order valence-corrected chi connectivity index (χ1v) is 12.5. The average Bonchev–Trinajstić information content (AvgIpc) is 2.80. The van der Waals surface area contributed by atoms with E-state index < -0.39 is 28.5 Å². The summed E-state index contributed by atoms with van der Waals surface area (Å²) in [7, 11) is 0. The predicted molar refractivity (Wildman–Crippen MR) is 137 cm³/mol. The number of nitrogens with zero attached hydrogens (tertiary/aromatic N) is 3. The van der Waals surface area contributed by atoms with E-state index in [0.717, 1.165) is 19.0 Å². The maximum atomic E-state index is 12.7. The van der Waals surface area contributed by atoms with Gasteiger partial charge in [0.05, 0.1) is 4.92 Å². The number of alkyl halides is 3. The number of rotatable bonds is 9. The Bertz CT molecular complexity index is 1160. The van der Waals surface area contributed by atoms with E-state index in [1.165, 1.54) is 18.2 Å². The van der Waals surface area contributed by atoms with Gasteiger partial charge in [-0.3, -0.25) is 10.1 Å². The third-order valence-electron chi connectivity index (χ3n) is 6.17. The van der Waals surface area contributed by atoms with Crippen molar-refractivity contribution < 1.29 is 32.4 Å². The number of anilines is 2. The molecule has 0 bridgehead atoms. The molecular weight excluding hydrogens is 521 g/mol. The molecule has 0 spiro atoms. The normalized spacial score (nSPS) is 19.6. The van der Waals surface area contributed by atoms with Crippen molar-refractivity contribution in [1.29, 1.82) is 0 Å².